The SMILES string of the molecule is O=C(Nc1ccccc1C(=O)N1CCN(CC(=O)N2CCCCC2)CC1)c1cccs1. The Hall–Kier alpha value is -2.71. The Balaban J connectivity index is 1.33. The number of amides is 3. The van der Waals surface area contributed by atoms with Crippen molar-refractivity contribution in [3.8, 4) is 0 Å². The molecule has 1 aromatic carbocycles. The van der Waals surface area contributed by atoms with Crippen molar-refractivity contribution in [2.45, 2.75) is 19.3 Å². The number of carbonyl (C=O) groups is 3. The van der Waals surface area contributed by atoms with Gasteiger partial charge in [-0.25, -0.2) is 0 Å². The zero-order chi connectivity index (χ0) is 21.6. The van der Waals surface area contributed by atoms with Crippen molar-refractivity contribution in [2.75, 3.05) is 51.1 Å². The lowest BCUT2D eigenvalue weighted by Crippen LogP contribution is -2.52. The van der Waals surface area contributed by atoms with E-state index < -0.39 is 0 Å². The Morgan fingerprint density at radius 3 is 2.29 bits per heavy atom. The van der Waals surface area contributed by atoms with E-state index in [0.717, 1.165) is 25.9 Å². The number of piperidine rings is 1. The molecule has 0 radical (unpaired) electrons. The van der Waals surface area contributed by atoms with Crippen molar-refractivity contribution in [2.24, 2.45) is 0 Å². The van der Waals surface area contributed by atoms with Gasteiger partial charge in [0.1, 0.15) is 0 Å². The van der Waals surface area contributed by atoms with Crippen LogP contribution in [0.25, 0.3) is 0 Å². The number of likely N-dealkylation sites (tertiary alicyclic amines) is 1. The smallest absolute Gasteiger partial charge is 0.265 e. The van der Waals surface area contributed by atoms with E-state index in [4.69, 9.17) is 0 Å². The molecule has 2 aliphatic heterocycles. The molecule has 0 bridgehead atoms. The fourth-order valence-electron chi connectivity index (χ4n) is 4.08. The molecule has 164 valence electrons. The van der Waals surface area contributed by atoms with Gasteiger partial charge in [-0.05, 0) is 42.8 Å². The van der Waals surface area contributed by atoms with Gasteiger partial charge >= 0.3 is 0 Å². The molecular weight excluding hydrogens is 412 g/mol. The summed E-state index contributed by atoms with van der Waals surface area (Å²) in [5, 5.41) is 4.72. The monoisotopic (exact) mass is 440 g/mol. The van der Waals surface area contributed by atoms with E-state index in [0.29, 0.717) is 48.9 Å². The van der Waals surface area contributed by atoms with Gasteiger partial charge in [0.2, 0.25) is 5.91 Å². The molecule has 2 fully saturated rings. The lowest BCUT2D eigenvalue weighted by Gasteiger charge is -2.36. The van der Waals surface area contributed by atoms with E-state index in [1.807, 2.05) is 28.5 Å². The van der Waals surface area contributed by atoms with Crippen LogP contribution in [0.5, 0.6) is 0 Å². The molecule has 3 amide bonds. The molecule has 0 unspecified atom stereocenters. The lowest BCUT2D eigenvalue weighted by atomic mass is 10.1. The highest BCUT2D eigenvalue weighted by Gasteiger charge is 2.26. The first-order valence-corrected chi connectivity index (χ1v) is 11.7. The first-order chi connectivity index (χ1) is 15.1. The summed E-state index contributed by atoms with van der Waals surface area (Å²) < 4.78 is 0. The van der Waals surface area contributed by atoms with Gasteiger partial charge in [-0.1, -0.05) is 18.2 Å². The number of anilines is 1. The third kappa shape index (κ3) is 5.32. The normalized spacial score (nSPS) is 17.4. The number of para-hydroxylation sites is 1. The van der Waals surface area contributed by atoms with Crippen LogP contribution in [0, 0.1) is 0 Å². The summed E-state index contributed by atoms with van der Waals surface area (Å²) in [5.74, 6) is -0.110. The molecule has 2 saturated heterocycles. The largest absolute Gasteiger partial charge is 0.342 e. The molecule has 2 aromatic rings. The standard InChI is InChI=1S/C23H28N4O3S/c28-21(26-10-4-1-5-11-26)17-25-12-14-27(15-13-25)23(30)18-7-2-3-8-19(18)24-22(29)20-9-6-16-31-20/h2-3,6-9,16H,1,4-5,10-15,17H2,(H,24,29). The Kier molecular flexibility index (Phi) is 6.99. The van der Waals surface area contributed by atoms with Crippen molar-refractivity contribution in [1.82, 2.24) is 14.7 Å². The average Bonchev–Trinajstić information content (AvgIpc) is 3.35. The van der Waals surface area contributed by atoms with Crippen molar-refractivity contribution < 1.29 is 14.4 Å². The second kappa shape index (κ2) is 10.1. The van der Waals surface area contributed by atoms with Crippen LogP contribution in [0.2, 0.25) is 0 Å². The summed E-state index contributed by atoms with van der Waals surface area (Å²) in [6, 6.07) is 10.7. The Labute approximate surface area is 186 Å². The van der Waals surface area contributed by atoms with Crippen LogP contribution < -0.4 is 5.32 Å². The Morgan fingerprint density at radius 1 is 0.839 bits per heavy atom. The summed E-state index contributed by atoms with van der Waals surface area (Å²) in [5.41, 5.74) is 1.01. The molecule has 0 saturated carbocycles. The van der Waals surface area contributed by atoms with Crippen LogP contribution >= 0.6 is 11.3 Å². The predicted octanol–water partition coefficient (Wildman–Crippen LogP) is 2.77. The number of carbonyl (C=O) groups excluding carboxylic acids is 3. The molecule has 0 spiro atoms. The first kappa shape index (κ1) is 21.5. The number of hydrogen-bond donors (Lipinski definition) is 1. The van der Waals surface area contributed by atoms with Crippen LogP contribution in [-0.4, -0.2) is 78.2 Å². The molecule has 8 heteroatoms. The quantitative estimate of drug-likeness (QED) is 0.776. The van der Waals surface area contributed by atoms with Crippen LogP contribution in [0.4, 0.5) is 5.69 Å². The van der Waals surface area contributed by atoms with Crippen LogP contribution in [0.1, 0.15) is 39.3 Å². The average molecular weight is 441 g/mol. The number of piperazine rings is 1. The van der Waals surface area contributed by atoms with Gasteiger partial charge in [0.05, 0.1) is 22.7 Å². The summed E-state index contributed by atoms with van der Waals surface area (Å²) in [7, 11) is 0. The zero-order valence-corrected chi connectivity index (χ0v) is 18.4. The third-order valence-electron chi connectivity index (χ3n) is 5.88. The minimum atomic E-state index is -0.212. The summed E-state index contributed by atoms with van der Waals surface area (Å²) in [6.07, 6.45) is 3.40. The van der Waals surface area contributed by atoms with Crippen molar-refractivity contribution in [3.63, 3.8) is 0 Å². The fraction of sp³-hybridized carbons (Fsp3) is 0.435. The van der Waals surface area contributed by atoms with E-state index in [-0.39, 0.29) is 17.7 Å². The van der Waals surface area contributed by atoms with Gasteiger partial charge in [0.25, 0.3) is 11.8 Å². The lowest BCUT2D eigenvalue weighted by molar-refractivity contribution is -0.133. The zero-order valence-electron chi connectivity index (χ0n) is 17.6. The minimum absolute atomic E-state index is 0.0934. The molecule has 31 heavy (non-hydrogen) atoms. The van der Waals surface area contributed by atoms with Crippen LogP contribution in [0.15, 0.2) is 41.8 Å². The summed E-state index contributed by atoms with van der Waals surface area (Å²) >= 11 is 1.36. The molecule has 3 heterocycles. The highest BCUT2D eigenvalue weighted by molar-refractivity contribution is 7.12. The van der Waals surface area contributed by atoms with E-state index in [1.165, 1.54) is 17.8 Å². The van der Waals surface area contributed by atoms with Crippen LogP contribution in [-0.2, 0) is 4.79 Å². The van der Waals surface area contributed by atoms with E-state index in [9.17, 15) is 14.4 Å². The van der Waals surface area contributed by atoms with Crippen molar-refractivity contribution >= 4 is 34.7 Å². The van der Waals surface area contributed by atoms with Gasteiger partial charge in [-0.3, -0.25) is 19.3 Å². The van der Waals surface area contributed by atoms with Gasteiger partial charge in [-0.15, -0.1) is 11.3 Å². The maximum Gasteiger partial charge on any atom is 0.265 e. The molecule has 7 nitrogen and oxygen atoms in total. The summed E-state index contributed by atoms with van der Waals surface area (Å²) in [4.78, 5) is 44.6. The van der Waals surface area contributed by atoms with Gasteiger partial charge in [0.15, 0.2) is 0 Å². The number of rotatable bonds is 5. The molecule has 4 rings (SSSR count). The molecule has 0 aliphatic carbocycles. The van der Waals surface area contributed by atoms with E-state index >= 15 is 0 Å². The van der Waals surface area contributed by atoms with Gasteiger partial charge < -0.3 is 15.1 Å². The van der Waals surface area contributed by atoms with Gasteiger partial charge in [0, 0.05) is 39.3 Å². The number of nitrogens with one attached hydrogen (secondary N) is 1. The molecule has 2 aliphatic rings. The first-order valence-electron chi connectivity index (χ1n) is 10.8. The molecule has 1 aromatic heterocycles. The van der Waals surface area contributed by atoms with Crippen molar-refractivity contribution in [3.05, 3.63) is 52.2 Å². The predicted molar refractivity (Wildman–Crippen MR) is 121 cm³/mol. The van der Waals surface area contributed by atoms with E-state index in [2.05, 4.69) is 10.2 Å². The fourth-order valence-corrected chi connectivity index (χ4v) is 4.70. The minimum Gasteiger partial charge on any atom is -0.342 e. The topological polar surface area (TPSA) is 73.0 Å². The van der Waals surface area contributed by atoms with Crippen LogP contribution in [0.3, 0.4) is 0 Å². The van der Waals surface area contributed by atoms with E-state index in [1.54, 1.807) is 23.1 Å². The molecular formula is C23H28N4O3S. The molecule has 0 atom stereocenters. The Bertz CT molecular complexity index is 917. The highest BCUT2D eigenvalue weighted by atomic mass is 32.1. The third-order valence-corrected chi connectivity index (χ3v) is 6.75. The Morgan fingerprint density at radius 2 is 1.58 bits per heavy atom. The number of thiophene rings is 1. The van der Waals surface area contributed by atoms with Gasteiger partial charge in [-0.2, -0.15) is 0 Å². The number of hydrogen-bond acceptors (Lipinski definition) is 5. The van der Waals surface area contributed by atoms with Crippen molar-refractivity contribution in [1.29, 1.82) is 0 Å². The summed E-state index contributed by atoms with van der Waals surface area (Å²) in [6.45, 7) is 4.65. The maximum atomic E-state index is 13.1. The maximum absolute atomic E-state index is 13.1. The second-order valence-corrected chi connectivity index (χ2v) is 8.93. The molecule has 1 N–H and O–H groups in total. The highest BCUT2D eigenvalue weighted by Crippen LogP contribution is 2.20. The number of nitrogens with zero attached hydrogens (tertiary/aromatic N) is 3. The second-order valence-electron chi connectivity index (χ2n) is 7.99. The number of benzene rings is 1.